The van der Waals surface area contributed by atoms with Gasteiger partial charge in [-0.2, -0.15) is 5.01 Å². The first kappa shape index (κ1) is 24.3. The molecule has 1 aromatic carbocycles. The first-order chi connectivity index (χ1) is 14.8. The number of benzene rings is 1. The van der Waals surface area contributed by atoms with Gasteiger partial charge in [0.2, 0.25) is 16.9 Å². The monoisotopic (exact) mass is 453 g/mol. The number of methoxy groups -OCH3 is 3. The van der Waals surface area contributed by atoms with Crippen LogP contribution in [0.15, 0.2) is 22.9 Å². The minimum absolute atomic E-state index is 0.0223. The summed E-state index contributed by atoms with van der Waals surface area (Å²) >= 11 is 1.12. The summed E-state index contributed by atoms with van der Waals surface area (Å²) in [7, 11) is 6.56. The van der Waals surface area contributed by atoms with Crippen molar-refractivity contribution in [1.82, 2.24) is 5.27 Å². The number of thioether (sulfide) groups is 1. The number of amides is 1. The van der Waals surface area contributed by atoms with E-state index in [-0.39, 0.29) is 22.8 Å². The molecule has 1 N–H and O–H groups in total. The first-order valence-electron chi connectivity index (χ1n) is 9.62. The fraction of sp³-hybridized carbons (Fsp3) is 0.500. The Morgan fingerprint density at radius 3 is 2.42 bits per heavy atom. The van der Waals surface area contributed by atoms with Crippen LogP contribution in [0.3, 0.4) is 0 Å². The van der Waals surface area contributed by atoms with Crippen molar-refractivity contribution in [3.8, 4) is 17.2 Å². The molecule has 0 saturated heterocycles. The van der Waals surface area contributed by atoms with Gasteiger partial charge in [0.25, 0.3) is 6.20 Å². The summed E-state index contributed by atoms with van der Waals surface area (Å²) in [6.07, 6.45) is 2.26. The Kier molecular flexibility index (Phi) is 8.98. The Balaban J connectivity index is 1.97. The zero-order chi connectivity index (χ0) is 23.0. The summed E-state index contributed by atoms with van der Waals surface area (Å²) < 4.78 is 21.3. The molecule has 0 aliphatic heterocycles. The van der Waals surface area contributed by atoms with Gasteiger partial charge in [-0.1, -0.05) is 18.7 Å². The number of aromatic nitrogens is 2. The van der Waals surface area contributed by atoms with E-state index in [0.29, 0.717) is 36.0 Å². The van der Waals surface area contributed by atoms with Crippen LogP contribution in [-0.2, 0) is 16.0 Å². The van der Waals surface area contributed by atoms with Gasteiger partial charge >= 0.3 is 5.88 Å². The number of likely N-dealkylation sites (N-methyl/N-ethyl adjacent to an activating group) is 1. The highest BCUT2D eigenvalue weighted by atomic mass is 32.2. The van der Waals surface area contributed by atoms with E-state index in [1.54, 1.807) is 34.4 Å². The Hall–Kier alpha value is -2.95. The molecule has 0 saturated carbocycles. The molecule has 0 bridgehead atoms. The van der Waals surface area contributed by atoms with Crippen molar-refractivity contribution in [1.29, 1.82) is 0 Å². The molecule has 0 radical (unpaired) electrons. The fourth-order valence-corrected chi connectivity index (χ4v) is 3.33. The SMILES string of the molecule is COc1cc(CCN(C)[n+]2cc(NC(=O)[C@H](C)CSC(C)=O)on2)cc(OC)c1OC. The Morgan fingerprint density at radius 2 is 1.87 bits per heavy atom. The molecular weight excluding hydrogens is 424 g/mol. The van der Waals surface area contributed by atoms with Crippen molar-refractivity contribution in [3.05, 3.63) is 23.9 Å². The third kappa shape index (κ3) is 6.78. The van der Waals surface area contributed by atoms with Gasteiger partial charge in [-0.15, -0.1) is 0 Å². The maximum atomic E-state index is 12.2. The van der Waals surface area contributed by atoms with Crippen LogP contribution in [-0.4, -0.2) is 57.0 Å². The topological polar surface area (TPSA) is 107 Å². The van der Waals surface area contributed by atoms with Gasteiger partial charge < -0.3 is 14.2 Å². The lowest BCUT2D eigenvalue weighted by Gasteiger charge is -2.14. The van der Waals surface area contributed by atoms with Gasteiger partial charge in [-0.05, 0) is 24.1 Å². The van der Waals surface area contributed by atoms with Crippen LogP contribution in [0.1, 0.15) is 19.4 Å². The van der Waals surface area contributed by atoms with Crippen molar-refractivity contribution in [2.45, 2.75) is 20.3 Å². The van der Waals surface area contributed by atoms with E-state index < -0.39 is 0 Å². The summed E-state index contributed by atoms with van der Waals surface area (Å²) in [5, 5.41) is 8.41. The highest BCUT2D eigenvalue weighted by Gasteiger charge is 2.22. The number of nitrogens with one attached hydrogen (secondary N) is 1. The lowest BCUT2D eigenvalue weighted by Crippen LogP contribution is -2.57. The van der Waals surface area contributed by atoms with E-state index in [9.17, 15) is 9.59 Å². The van der Waals surface area contributed by atoms with Crippen molar-refractivity contribution in [2.24, 2.45) is 5.92 Å². The van der Waals surface area contributed by atoms with Crippen molar-refractivity contribution >= 4 is 28.7 Å². The molecule has 170 valence electrons. The van der Waals surface area contributed by atoms with Gasteiger partial charge in [0.1, 0.15) is 0 Å². The normalized spacial score (nSPS) is 11.5. The molecule has 2 aromatic rings. The summed E-state index contributed by atoms with van der Waals surface area (Å²) in [5.41, 5.74) is 0.996. The second-order valence-electron chi connectivity index (χ2n) is 6.84. The predicted molar refractivity (Wildman–Crippen MR) is 116 cm³/mol. The Labute approximate surface area is 185 Å². The number of anilines is 1. The molecule has 0 aliphatic rings. The minimum Gasteiger partial charge on any atom is -0.493 e. The quantitative estimate of drug-likeness (QED) is 0.508. The summed E-state index contributed by atoms with van der Waals surface area (Å²) in [5.74, 6) is 1.78. The molecule has 1 heterocycles. The van der Waals surface area contributed by atoms with Crippen LogP contribution < -0.4 is 29.3 Å². The molecule has 10 nitrogen and oxygen atoms in total. The lowest BCUT2D eigenvalue weighted by molar-refractivity contribution is -0.755. The number of hydrogen-bond acceptors (Lipinski definition) is 9. The maximum absolute atomic E-state index is 12.2. The van der Waals surface area contributed by atoms with Crippen LogP contribution in [0.2, 0.25) is 0 Å². The number of ether oxygens (including phenoxy) is 3. The van der Waals surface area contributed by atoms with Gasteiger partial charge in [0.05, 0.1) is 39.7 Å². The summed E-state index contributed by atoms with van der Waals surface area (Å²) in [6.45, 7) is 3.83. The lowest BCUT2D eigenvalue weighted by atomic mass is 10.1. The molecule has 31 heavy (non-hydrogen) atoms. The van der Waals surface area contributed by atoms with Crippen molar-refractivity contribution < 1.29 is 33.1 Å². The first-order valence-corrected chi connectivity index (χ1v) is 10.6. The highest BCUT2D eigenvalue weighted by Crippen LogP contribution is 2.38. The second-order valence-corrected chi connectivity index (χ2v) is 8.04. The fourth-order valence-electron chi connectivity index (χ4n) is 2.69. The Bertz CT molecular complexity index is 879. The third-order valence-corrected chi connectivity index (χ3v) is 5.56. The van der Waals surface area contributed by atoms with Crippen LogP contribution in [0.4, 0.5) is 5.88 Å². The molecule has 0 fully saturated rings. The van der Waals surface area contributed by atoms with Crippen LogP contribution >= 0.6 is 11.8 Å². The predicted octanol–water partition coefficient (Wildman–Crippen LogP) is 1.65. The van der Waals surface area contributed by atoms with Crippen LogP contribution in [0.25, 0.3) is 0 Å². The molecule has 1 atom stereocenters. The van der Waals surface area contributed by atoms with Gasteiger partial charge in [-0.3, -0.25) is 19.4 Å². The molecule has 0 spiro atoms. The van der Waals surface area contributed by atoms with E-state index in [1.807, 2.05) is 24.2 Å². The maximum Gasteiger partial charge on any atom is 0.305 e. The molecule has 0 aliphatic carbocycles. The number of carbonyl (C=O) groups is 2. The van der Waals surface area contributed by atoms with E-state index in [2.05, 4.69) is 10.6 Å². The third-order valence-electron chi connectivity index (χ3n) is 4.48. The molecule has 1 aromatic heterocycles. The van der Waals surface area contributed by atoms with Crippen molar-refractivity contribution in [2.75, 3.05) is 51.0 Å². The highest BCUT2D eigenvalue weighted by molar-refractivity contribution is 8.13. The molecule has 1 amide bonds. The summed E-state index contributed by atoms with van der Waals surface area (Å²) in [6, 6.07) is 3.80. The largest absolute Gasteiger partial charge is 0.493 e. The number of nitrogens with zero attached hydrogens (tertiary/aromatic N) is 3. The smallest absolute Gasteiger partial charge is 0.305 e. The number of carbonyl (C=O) groups excluding carboxylic acids is 2. The minimum atomic E-state index is -0.342. The summed E-state index contributed by atoms with van der Waals surface area (Å²) in [4.78, 5) is 24.8. The number of rotatable bonds is 11. The van der Waals surface area contributed by atoms with Crippen molar-refractivity contribution in [3.63, 3.8) is 0 Å². The zero-order valence-corrected chi connectivity index (χ0v) is 19.4. The molecule has 11 heteroatoms. The second kappa shape index (κ2) is 11.4. The van der Waals surface area contributed by atoms with Gasteiger partial charge in [0.15, 0.2) is 16.6 Å². The molecule has 2 rings (SSSR count). The standard InChI is InChI=1S/C20H28N4O6S/c1-13(12-31-14(2)25)20(26)21-18-11-24(22-30-18)23(3)8-7-15-9-16(27-4)19(29-6)17(10-15)28-5/h9-11,13H,7-8,12H2,1-6H3/p+1/t13-/m1/s1. The van der Waals surface area contributed by atoms with E-state index in [1.165, 1.54) is 11.7 Å². The van der Waals surface area contributed by atoms with Crippen LogP contribution in [0, 0.1) is 5.92 Å². The van der Waals surface area contributed by atoms with Gasteiger partial charge in [0, 0.05) is 18.6 Å². The average molecular weight is 454 g/mol. The Morgan fingerprint density at radius 1 is 1.23 bits per heavy atom. The average Bonchev–Trinajstić information content (AvgIpc) is 3.23. The molecular formula is C20H29N4O6S+. The van der Waals surface area contributed by atoms with E-state index in [0.717, 1.165) is 17.3 Å². The van der Waals surface area contributed by atoms with E-state index in [4.69, 9.17) is 18.7 Å². The van der Waals surface area contributed by atoms with E-state index >= 15 is 0 Å². The van der Waals surface area contributed by atoms with Crippen LogP contribution in [0.5, 0.6) is 17.2 Å². The molecule has 0 unspecified atom stereocenters. The zero-order valence-electron chi connectivity index (χ0n) is 18.6. The number of hydrogen-bond donors (Lipinski definition) is 1. The van der Waals surface area contributed by atoms with Gasteiger partial charge in [-0.25, -0.2) is 0 Å².